The number of carbonyl (C=O) groups excluding carboxylic acids is 1. The Morgan fingerprint density at radius 1 is 1.00 bits per heavy atom. The standard InChI is InChI=1S/C23H29N3O3S.ClH/c1-6-25(7-2)10-11-26(23-24-20-9-8-16(3)12-21(20)30-23)22(27)17-13-18(28-4)15-19(14-17)29-5;/h8-9,12-15H,6-7,10-11H2,1-5H3;1H. The van der Waals surface area contributed by atoms with Gasteiger partial charge < -0.3 is 14.4 Å². The van der Waals surface area contributed by atoms with Gasteiger partial charge in [-0.1, -0.05) is 31.3 Å². The maximum atomic E-state index is 13.6. The summed E-state index contributed by atoms with van der Waals surface area (Å²) in [5, 5.41) is 0.703. The summed E-state index contributed by atoms with van der Waals surface area (Å²) in [6.45, 7) is 9.51. The van der Waals surface area contributed by atoms with Gasteiger partial charge in [0.25, 0.3) is 5.91 Å². The van der Waals surface area contributed by atoms with Crippen molar-refractivity contribution in [2.75, 3.05) is 45.3 Å². The lowest BCUT2D eigenvalue weighted by atomic mass is 10.1. The zero-order chi connectivity index (χ0) is 21.7. The largest absolute Gasteiger partial charge is 0.497 e. The van der Waals surface area contributed by atoms with Gasteiger partial charge in [0.2, 0.25) is 0 Å². The van der Waals surface area contributed by atoms with Crippen molar-refractivity contribution >= 4 is 45.0 Å². The molecule has 0 aliphatic heterocycles. The first-order valence-corrected chi connectivity index (χ1v) is 10.9. The van der Waals surface area contributed by atoms with Crippen LogP contribution in [0.1, 0.15) is 29.8 Å². The van der Waals surface area contributed by atoms with E-state index in [1.54, 1.807) is 48.7 Å². The Kier molecular flexibility index (Phi) is 9.10. The molecule has 1 heterocycles. The second-order valence-electron chi connectivity index (χ2n) is 7.05. The van der Waals surface area contributed by atoms with E-state index < -0.39 is 0 Å². The van der Waals surface area contributed by atoms with E-state index in [1.807, 2.05) is 12.1 Å². The number of aryl methyl sites for hydroxylation is 1. The molecule has 0 saturated carbocycles. The summed E-state index contributed by atoms with van der Waals surface area (Å²) in [4.78, 5) is 22.4. The first-order chi connectivity index (χ1) is 14.5. The molecule has 0 saturated heterocycles. The van der Waals surface area contributed by atoms with Gasteiger partial charge in [-0.25, -0.2) is 4.98 Å². The van der Waals surface area contributed by atoms with Gasteiger partial charge in [0.05, 0.1) is 24.4 Å². The average Bonchev–Trinajstić information content (AvgIpc) is 3.18. The van der Waals surface area contributed by atoms with Gasteiger partial charge in [0.1, 0.15) is 11.5 Å². The highest BCUT2D eigenvalue weighted by Crippen LogP contribution is 2.31. The number of ether oxygens (including phenoxy) is 2. The molecule has 0 aliphatic carbocycles. The minimum atomic E-state index is -0.116. The van der Waals surface area contributed by atoms with Crippen LogP contribution in [-0.4, -0.2) is 56.2 Å². The molecular formula is C23H30ClN3O3S. The fourth-order valence-electron chi connectivity index (χ4n) is 3.29. The van der Waals surface area contributed by atoms with E-state index in [4.69, 9.17) is 14.5 Å². The fraction of sp³-hybridized carbons (Fsp3) is 0.391. The topological polar surface area (TPSA) is 54.9 Å². The lowest BCUT2D eigenvalue weighted by molar-refractivity contribution is 0.0983. The van der Waals surface area contributed by atoms with Crippen molar-refractivity contribution in [3.05, 3.63) is 47.5 Å². The number of halogens is 1. The van der Waals surface area contributed by atoms with E-state index in [2.05, 4.69) is 31.7 Å². The summed E-state index contributed by atoms with van der Waals surface area (Å²) in [5.74, 6) is 1.05. The number of likely N-dealkylation sites (N-methyl/N-ethyl adjacent to an activating group) is 1. The van der Waals surface area contributed by atoms with E-state index in [0.717, 1.165) is 29.9 Å². The van der Waals surface area contributed by atoms with Crippen molar-refractivity contribution in [1.82, 2.24) is 9.88 Å². The molecule has 6 nitrogen and oxygen atoms in total. The number of anilines is 1. The zero-order valence-corrected chi connectivity index (χ0v) is 20.3. The molecule has 0 N–H and O–H groups in total. The van der Waals surface area contributed by atoms with Crippen molar-refractivity contribution in [3.63, 3.8) is 0 Å². The number of thiazole rings is 1. The molecule has 3 aromatic rings. The van der Waals surface area contributed by atoms with Gasteiger partial charge in [-0.05, 0) is 49.8 Å². The van der Waals surface area contributed by atoms with Crippen LogP contribution in [-0.2, 0) is 0 Å². The van der Waals surface area contributed by atoms with E-state index >= 15 is 0 Å². The van der Waals surface area contributed by atoms with Crippen LogP contribution in [0.3, 0.4) is 0 Å². The first kappa shape index (κ1) is 24.9. The highest BCUT2D eigenvalue weighted by Gasteiger charge is 2.23. The van der Waals surface area contributed by atoms with Crippen molar-refractivity contribution in [3.8, 4) is 11.5 Å². The molecule has 3 rings (SSSR count). The quantitative estimate of drug-likeness (QED) is 0.445. The molecule has 1 aromatic heterocycles. The number of amides is 1. The number of benzene rings is 2. The minimum absolute atomic E-state index is 0. The summed E-state index contributed by atoms with van der Waals surface area (Å²) in [6.07, 6.45) is 0. The third-order valence-electron chi connectivity index (χ3n) is 5.14. The molecule has 0 bridgehead atoms. The van der Waals surface area contributed by atoms with Crippen molar-refractivity contribution in [2.24, 2.45) is 0 Å². The smallest absolute Gasteiger partial charge is 0.260 e. The van der Waals surface area contributed by atoms with Crippen LogP contribution in [0, 0.1) is 6.92 Å². The normalized spacial score (nSPS) is 10.8. The predicted molar refractivity (Wildman–Crippen MR) is 131 cm³/mol. The SMILES string of the molecule is CCN(CC)CCN(C(=O)c1cc(OC)cc(OC)c1)c1nc2ccc(C)cc2s1.Cl. The highest BCUT2D eigenvalue weighted by atomic mass is 35.5. The Morgan fingerprint density at radius 2 is 1.65 bits per heavy atom. The number of carbonyl (C=O) groups is 1. The Bertz CT molecular complexity index is 998. The van der Waals surface area contributed by atoms with E-state index in [-0.39, 0.29) is 18.3 Å². The second-order valence-corrected chi connectivity index (χ2v) is 8.06. The second kappa shape index (κ2) is 11.3. The molecule has 168 valence electrons. The third kappa shape index (κ3) is 5.87. The summed E-state index contributed by atoms with van der Waals surface area (Å²) >= 11 is 1.54. The fourth-order valence-corrected chi connectivity index (χ4v) is 4.38. The number of nitrogens with zero attached hydrogens (tertiary/aromatic N) is 3. The molecular weight excluding hydrogens is 434 g/mol. The Balaban J connectivity index is 0.00000341. The minimum Gasteiger partial charge on any atom is -0.497 e. The number of hydrogen-bond donors (Lipinski definition) is 0. The van der Waals surface area contributed by atoms with E-state index in [9.17, 15) is 4.79 Å². The monoisotopic (exact) mass is 463 g/mol. The van der Waals surface area contributed by atoms with Crippen LogP contribution in [0.15, 0.2) is 36.4 Å². The molecule has 8 heteroatoms. The van der Waals surface area contributed by atoms with Crippen LogP contribution in [0.2, 0.25) is 0 Å². The van der Waals surface area contributed by atoms with Crippen molar-refractivity contribution in [1.29, 1.82) is 0 Å². The van der Waals surface area contributed by atoms with Crippen molar-refractivity contribution in [2.45, 2.75) is 20.8 Å². The Morgan fingerprint density at radius 3 is 2.23 bits per heavy atom. The van der Waals surface area contributed by atoms with Crippen molar-refractivity contribution < 1.29 is 14.3 Å². The molecule has 1 amide bonds. The third-order valence-corrected chi connectivity index (χ3v) is 6.18. The van der Waals surface area contributed by atoms with Crippen LogP contribution in [0.4, 0.5) is 5.13 Å². The van der Waals surface area contributed by atoms with Gasteiger partial charge in [-0.2, -0.15) is 0 Å². The first-order valence-electron chi connectivity index (χ1n) is 10.1. The maximum Gasteiger partial charge on any atom is 0.260 e. The number of rotatable bonds is 9. The van der Waals surface area contributed by atoms with E-state index in [1.165, 1.54) is 5.56 Å². The van der Waals surface area contributed by atoms with Crippen LogP contribution >= 0.6 is 23.7 Å². The molecule has 0 aliphatic rings. The van der Waals surface area contributed by atoms with Crippen LogP contribution < -0.4 is 14.4 Å². The molecule has 0 radical (unpaired) electrons. The number of aromatic nitrogens is 1. The zero-order valence-electron chi connectivity index (χ0n) is 18.7. The summed E-state index contributed by atoms with van der Waals surface area (Å²) < 4.78 is 11.8. The average molecular weight is 464 g/mol. The van der Waals surface area contributed by atoms with Crippen LogP contribution in [0.25, 0.3) is 10.2 Å². The molecule has 0 fully saturated rings. The predicted octanol–water partition coefficient (Wildman–Crippen LogP) is 5.03. The number of fused-ring (bicyclic) bond motifs is 1. The lowest BCUT2D eigenvalue weighted by Gasteiger charge is -2.25. The Hall–Kier alpha value is -2.35. The maximum absolute atomic E-state index is 13.6. The molecule has 31 heavy (non-hydrogen) atoms. The number of methoxy groups -OCH3 is 2. The van der Waals surface area contributed by atoms with Gasteiger partial charge in [-0.3, -0.25) is 9.69 Å². The molecule has 2 aromatic carbocycles. The van der Waals surface area contributed by atoms with Gasteiger partial charge in [0.15, 0.2) is 5.13 Å². The molecule has 0 unspecified atom stereocenters. The van der Waals surface area contributed by atoms with Crippen LogP contribution in [0.5, 0.6) is 11.5 Å². The highest BCUT2D eigenvalue weighted by molar-refractivity contribution is 7.22. The van der Waals surface area contributed by atoms with Gasteiger partial charge in [-0.15, -0.1) is 12.4 Å². The van der Waals surface area contributed by atoms with Gasteiger partial charge in [0, 0.05) is 24.7 Å². The summed E-state index contributed by atoms with van der Waals surface area (Å²) in [6, 6.07) is 11.4. The summed E-state index contributed by atoms with van der Waals surface area (Å²) in [5.41, 5.74) is 2.60. The molecule has 0 spiro atoms. The molecule has 0 atom stereocenters. The Labute approximate surface area is 194 Å². The van der Waals surface area contributed by atoms with Gasteiger partial charge >= 0.3 is 0 Å². The number of hydrogen-bond acceptors (Lipinski definition) is 6. The van der Waals surface area contributed by atoms with E-state index in [0.29, 0.717) is 28.7 Å². The summed E-state index contributed by atoms with van der Waals surface area (Å²) in [7, 11) is 3.16. The lowest BCUT2D eigenvalue weighted by Crippen LogP contribution is -2.38.